The summed E-state index contributed by atoms with van der Waals surface area (Å²) >= 11 is 0. The van der Waals surface area contributed by atoms with E-state index in [1.165, 1.54) is 11.1 Å². The van der Waals surface area contributed by atoms with Gasteiger partial charge in [0.2, 0.25) is 5.91 Å². The van der Waals surface area contributed by atoms with Crippen LogP contribution in [0.5, 0.6) is 5.75 Å². The first kappa shape index (κ1) is 25.1. The average Bonchev–Trinajstić information content (AvgIpc) is 3.29. The Morgan fingerprint density at radius 1 is 0.970 bits per heavy atom. The van der Waals surface area contributed by atoms with Crippen molar-refractivity contribution in [3.63, 3.8) is 0 Å². The number of hydrogen-bond acceptors (Lipinski definition) is 4. The van der Waals surface area contributed by atoms with Crippen molar-refractivity contribution in [2.24, 2.45) is 4.99 Å². The van der Waals surface area contributed by atoms with Gasteiger partial charge in [-0.3, -0.25) is 9.79 Å². The van der Waals surface area contributed by atoms with E-state index in [0.29, 0.717) is 6.42 Å². The van der Waals surface area contributed by atoms with E-state index in [9.17, 15) is 4.79 Å². The van der Waals surface area contributed by atoms with Crippen molar-refractivity contribution in [3.05, 3.63) is 59.7 Å². The second-order valence-corrected chi connectivity index (χ2v) is 8.24. The molecule has 1 fully saturated rings. The minimum atomic E-state index is 0. The summed E-state index contributed by atoms with van der Waals surface area (Å²) in [7, 11) is 3.54. The molecule has 2 aliphatic rings. The van der Waals surface area contributed by atoms with Crippen molar-refractivity contribution < 1.29 is 9.53 Å². The minimum absolute atomic E-state index is 0. The Balaban J connectivity index is 0.00000306. The molecule has 2 aromatic carbocycles. The number of piperazine rings is 1. The molecular weight excluding hydrogens is 529 g/mol. The lowest BCUT2D eigenvalue weighted by atomic mass is 10.1. The number of hydrogen-bond donors (Lipinski definition) is 1. The van der Waals surface area contributed by atoms with Crippen molar-refractivity contribution in [2.45, 2.75) is 25.9 Å². The van der Waals surface area contributed by atoms with Crippen molar-refractivity contribution in [2.75, 3.05) is 51.8 Å². The van der Waals surface area contributed by atoms with Crippen LogP contribution in [-0.4, -0.2) is 68.5 Å². The number of rotatable bonds is 6. The van der Waals surface area contributed by atoms with Crippen LogP contribution in [0.15, 0.2) is 53.5 Å². The molecule has 0 aromatic heterocycles. The number of carbonyl (C=O) groups excluding carboxylic acids is 1. The van der Waals surface area contributed by atoms with E-state index in [1.807, 2.05) is 42.3 Å². The lowest BCUT2D eigenvalue weighted by molar-refractivity contribution is -0.131. The molecule has 7 nitrogen and oxygen atoms in total. The van der Waals surface area contributed by atoms with Gasteiger partial charge in [0.25, 0.3) is 0 Å². The standard InChI is InChI=1S/C25H33N5O2.HI/c1-26-25(29-16-14-28(15-17-29)22-10-5-6-11-23(22)32-2)27-13-7-12-24(31)30-18-20-8-3-4-9-21(20)19-30;/h3-6,8-11H,7,12-19H2,1-2H3,(H,26,27);1H. The summed E-state index contributed by atoms with van der Waals surface area (Å²) in [5, 5.41) is 3.44. The molecule has 8 heteroatoms. The quantitative estimate of drug-likeness (QED) is 0.253. The van der Waals surface area contributed by atoms with E-state index in [1.54, 1.807) is 7.11 Å². The highest BCUT2D eigenvalue weighted by atomic mass is 127. The van der Waals surface area contributed by atoms with E-state index in [0.717, 1.165) is 69.6 Å². The highest BCUT2D eigenvalue weighted by Gasteiger charge is 2.23. The molecule has 0 bridgehead atoms. The number of guanidine groups is 1. The number of aliphatic imine (C=N–C) groups is 1. The number of fused-ring (bicyclic) bond motifs is 1. The minimum Gasteiger partial charge on any atom is -0.495 e. The van der Waals surface area contributed by atoms with Crippen molar-refractivity contribution in [3.8, 4) is 5.75 Å². The van der Waals surface area contributed by atoms with Gasteiger partial charge in [-0.1, -0.05) is 36.4 Å². The molecule has 33 heavy (non-hydrogen) atoms. The number of methoxy groups -OCH3 is 1. The van der Waals surface area contributed by atoms with Crippen molar-refractivity contribution in [1.82, 2.24) is 15.1 Å². The number of amides is 1. The smallest absolute Gasteiger partial charge is 0.223 e. The maximum atomic E-state index is 12.6. The van der Waals surface area contributed by atoms with Crippen LogP contribution < -0.4 is 15.0 Å². The molecule has 2 heterocycles. The van der Waals surface area contributed by atoms with Gasteiger partial charge in [-0.05, 0) is 29.7 Å². The van der Waals surface area contributed by atoms with Crippen LogP contribution in [0.4, 0.5) is 5.69 Å². The first-order valence-corrected chi connectivity index (χ1v) is 11.4. The normalized spacial score (nSPS) is 15.7. The molecule has 2 aromatic rings. The van der Waals surface area contributed by atoms with Crippen LogP contribution >= 0.6 is 24.0 Å². The Morgan fingerprint density at radius 2 is 1.61 bits per heavy atom. The molecule has 0 radical (unpaired) electrons. The average molecular weight is 563 g/mol. The first-order chi connectivity index (χ1) is 15.7. The molecule has 0 spiro atoms. The molecule has 2 aliphatic heterocycles. The first-order valence-electron chi connectivity index (χ1n) is 11.4. The van der Waals surface area contributed by atoms with Gasteiger partial charge in [-0.15, -0.1) is 24.0 Å². The zero-order valence-electron chi connectivity index (χ0n) is 19.5. The van der Waals surface area contributed by atoms with Crippen LogP contribution in [0.3, 0.4) is 0 Å². The van der Waals surface area contributed by atoms with Crippen LogP contribution in [0.2, 0.25) is 0 Å². The zero-order valence-corrected chi connectivity index (χ0v) is 21.8. The molecule has 4 rings (SSSR count). The van der Waals surface area contributed by atoms with E-state index in [-0.39, 0.29) is 29.9 Å². The number of benzene rings is 2. The van der Waals surface area contributed by atoms with E-state index >= 15 is 0 Å². The highest BCUT2D eigenvalue weighted by Crippen LogP contribution is 2.28. The van der Waals surface area contributed by atoms with Gasteiger partial charge in [-0.25, -0.2) is 0 Å². The van der Waals surface area contributed by atoms with Gasteiger partial charge < -0.3 is 24.8 Å². The summed E-state index contributed by atoms with van der Waals surface area (Å²) in [5.41, 5.74) is 3.68. The number of nitrogens with zero attached hydrogens (tertiary/aromatic N) is 4. The van der Waals surface area contributed by atoms with Gasteiger partial charge in [0.15, 0.2) is 5.96 Å². The number of anilines is 1. The molecule has 1 amide bonds. The number of para-hydroxylation sites is 2. The Kier molecular flexibility index (Phi) is 9.22. The maximum Gasteiger partial charge on any atom is 0.223 e. The summed E-state index contributed by atoms with van der Waals surface area (Å²) < 4.78 is 5.51. The Morgan fingerprint density at radius 3 is 2.24 bits per heavy atom. The third kappa shape index (κ3) is 6.10. The number of nitrogens with one attached hydrogen (secondary N) is 1. The van der Waals surface area contributed by atoms with Crippen LogP contribution in [0.1, 0.15) is 24.0 Å². The summed E-state index contributed by atoms with van der Waals surface area (Å²) in [6.45, 7) is 5.82. The topological polar surface area (TPSA) is 60.4 Å². The van der Waals surface area contributed by atoms with Gasteiger partial charge in [-0.2, -0.15) is 0 Å². The monoisotopic (exact) mass is 563 g/mol. The summed E-state index contributed by atoms with van der Waals surface area (Å²) in [6.07, 6.45) is 1.35. The van der Waals surface area contributed by atoms with Gasteiger partial charge in [0.1, 0.15) is 5.75 Å². The van der Waals surface area contributed by atoms with Crippen molar-refractivity contribution >= 4 is 41.5 Å². The molecule has 178 valence electrons. The maximum absolute atomic E-state index is 12.6. The zero-order chi connectivity index (χ0) is 22.3. The Labute approximate surface area is 213 Å². The van der Waals surface area contributed by atoms with Crippen LogP contribution in [-0.2, 0) is 17.9 Å². The number of halogens is 1. The SMILES string of the molecule is CN=C(NCCCC(=O)N1Cc2ccccc2C1)N1CCN(c2ccccc2OC)CC1.I. The molecule has 0 aliphatic carbocycles. The lowest BCUT2D eigenvalue weighted by Crippen LogP contribution is -2.52. The van der Waals surface area contributed by atoms with Gasteiger partial charge in [0, 0.05) is 59.3 Å². The number of carbonyl (C=O) groups is 1. The van der Waals surface area contributed by atoms with E-state index < -0.39 is 0 Å². The molecule has 0 saturated carbocycles. The van der Waals surface area contributed by atoms with Crippen molar-refractivity contribution in [1.29, 1.82) is 0 Å². The fraction of sp³-hybridized carbons (Fsp3) is 0.440. The molecule has 1 N–H and O–H groups in total. The Bertz CT molecular complexity index is 934. The largest absolute Gasteiger partial charge is 0.495 e. The fourth-order valence-electron chi connectivity index (χ4n) is 4.49. The molecular formula is C25H34IN5O2. The molecule has 0 atom stereocenters. The predicted octanol–water partition coefficient (Wildman–Crippen LogP) is 3.33. The molecule has 1 saturated heterocycles. The second-order valence-electron chi connectivity index (χ2n) is 8.24. The lowest BCUT2D eigenvalue weighted by Gasteiger charge is -2.38. The Hall–Kier alpha value is -2.49. The number of ether oxygens (including phenoxy) is 1. The predicted molar refractivity (Wildman–Crippen MR) is 143 cm³/mol. The summed E-state index contributed by atoms with van der Waals surface area (Å²) in [6, 6.07) is 16.5. The van der Waals surface area contributed by atoms with Gasteiger partial charge >= 0.3 is 0 Å². The van der Waals surface area contributed by atoms with Crippen LogP contribution in [0.25, 0.3) is 0 Å². The third-order valence-electron chi connectivity index (χ3n) is 6.26. The summed E-state index contributed by atoms with van der Waals surface area (Å²) in [5.74, 6) is 2.04. The molecule has 0 unspecified atom stereocenters. The van der Waals surface area contributed by atoms with E-state index in [4.69, 9.17) is 4.74 Å². The third-order valence-corrected chi connectivity index (χ3v) is 6.26. The van der Waals surface area contributed by atoms with Gasteiger partial charge in [0.05, 0.1) is 12.8 Å². The van der Waals surface area contributed by atoms with Crippen LogP contribution in [0, 0.1) is 0 Å². The summed E-state index contributed by atoms with van der Waals surface area (Å²) in [4.78, 5) is 23.6. The highest BCUT2D eigenvalue weighted by molar-refractivity contribution is 14.0. The fourth-order valence-corrected chi connectivity index (χ4v) is 4.49. The van der Waals surface area contributed by atoms with E-state index in [2.05, 4.69) is 38.3 Å². The second kappa shape index (κ2) is 12.1.